The smallest absolute Gasteiger partial charge is 0.271 e. The molecule has 3 N–H and O–H groups in total. The molecule has 0 aliphatic heterocycles. The molecule has 1 aliphatic rings. The van der Waals surface area contributed by atoms with E-state index in [2.05, 4.69) is 15.3 Å². The van der Waals surface area contributed by atoms with Crippen LogP contribution in [0.4, 0.5) is 5.82 Å². The van der Waals surface area contributed by atoms with E-state index in [0.29, 0.717) is 17.4 Å². The number of amides is 1. The third kappa shape index (κ3) is 2.68. The van der Waals surface area contributed by atoms with Gasteiger partial charge in [0.25, 0.3) is 5.91 Å². The average Bonchev–Trinajstić information content (AvgIpc) is 2.80. The van der Waals surface area contributed by atoms with E-state index >= 15 is 0 Å². The first kappa shape index (κ1) is 10.9. The van der Waals surface area contributed by atoms with Crippen LogP contribution in [0.2, 0.25) is 0 Å². The molecule has 1 aromatic heterocycles. The van der Waals surface area contributed by atoms with Crippen LogP contribution in [0.3, 0.4) is 0 Å². The van der Waals surface area contributed by atoms with Gasteiger partial charge in [0.05, 0.1) is 12.4 Å². The topological polar surface area (TPSA) is 80.9 Å². The summed E-state index contributed by atoms with van der Waals surface area (Å²) >= 11 is 0. The molecule has 1 aliphatic carbocycles. The molecule has 0 aromatic carbocycles. The molecule has 0 unspecified atom stereocenters. The summed E-state index contributed by atoms with van der Waals surface area (Å²) in [6, 6.07) is 0. The molecule has 1 amide bonds. The van der Waals surface area contributed by atoms with Crippen LogP contribution in [-0.2, 0) is 0 Å². The van der Waals surface area contributed by atoms with Gasteiger partial charge in [-0.1, -0.05) is 12.8 Å². The van der Waals surface area contributed by atoms with Gasteiger partial charge < -0.3 is 11.1 Å². The molecule has 0 saturated heterocycles. The van der Waals surface area contributed by atoms with Crippen molar-refractivity contribution in [3.8, 4) is 0 Å². The van der Waals surface area contributed by atoms with Crippen molar-refractivity contribution in [1.82, 2.24) is 15.3 Å². The molecule has 5 nitrogen and oxygen atoms in total. The van der Waals surface area contributed by atoms with E-state index in [4.69, 9.17) is 5.73 Å². The Balaban J connectivity index is 1.85. The van der Waals surface area contributed by atoms with E-state index in [1.807, 2.05) is 0 Å². The van der Waals surface area contributed by atoms with Crippen molar-refractivity contribution in [2.75, 3.05) is 12.3 Å². The average molecular weight is 220 g/mol. The minimum Gasteiger partial charge on any atom is -0.382 e. The molecule has 5 heteroatoms. The summed E-state index contributed by atoms with van der Waals surface area (Å²) in [5.74, 6) is 0.789. The van der Waals surface area contributed by atoms with Crippen LogP contribution in [0.15, 0.2) is 12.4 Å². The van der Waals surface area contributed by atoms with Gasteiger partial charge in [0.2, 0.25) is 0 Å². The van der Waals surface area contributed by atoms with Crippen molar-refractivity contribution in [3.63, 3.8) is 0 Å². The van der Waals surface area contributed by atoms with Gasteiger partial charge >= 0.3 is 0 Å². The summed E-state index contributed by atoms with van der Waals surface area (Å²) in [5, 5.41) is 2.88. The second-order valence-corrected chi connectivity index (χ2v) is 4.19. The van der Waals surface area contributed by atoms with Crippen LogP contribution < -0.4 is 11.1 Å². The molecule has 1 fully saturated rings. The Morgan fingerprint density at radius 2 is 2.12 bits per heavy atom. The molecule has 0 bridgehead atoms. The Kier molecular flexibility index (Phi) is 3.34. The Morgan fingerprint density at radius 3 is 2.75 bits per heavy atom. The third-order valence-corrected chi connectivity index (χ3v) is 2.93. The SMILES string of the molecule is Nc1cnc(C(=O)NCC2CCCC2)cn1. The standard InChI is InChI=1S/C11H16N4O/c12-10-7-13-9(6-14-10)11(16)15-5-8-3-1-2-4-8/h6-8H,1-5H2,(H2,12,14)(H,15,16). The van der Waals surface area contributed by atoms with Crippen LogP contribution in [0.25, 0.3) is 0 Å². The number of rotatable bonds is 3. The summed E-state index contributed by atoms with van der Waals surface area (Å²) in [4.78, 5) is 19.4. The summed E-state index contributed by atoms with van der Waals surface area (Å²) in [6.45, 7) is 0.741. The zero-order chi connectivity index (χ0) is 11.4. The van der Waals surface area contributed by atoms with Crippen molar-refractivity contribution >= 4 is 11.7 Å². The zero-order valence-corrected chi connectivity index (χ0v) is 9.15. The van der Waals surface area contributed by atoms with Crippen molar-refractivity contribution in [2.24, 2.45) is 5.92 Å². The maximum absolute atomic E-state index is 11.7. The van der Waals surface area contributed by atoms with Gasteiger partial charge in [0, 0.05) is 6.54 Å². The lowest BCUT2D eigenvalue weighted by molar-refractivity contribution is 0.0942. The molecule has 1 heterocycles. The number of hydrogen-bond donors (Lipinski definition) is 2. The highest BCUT2D eigenvalue weighted by Gasteiger charge is 2.16. The van der Waals surface area contributed by atoms with Crippen molar-refractivity contribution in [1.29, 1.82) is 0 Å². The van der Waals surface area contributed by atoms with Crippen LogP contribution in [0.1, 0.15) is 36.2 Å². The first-order valence-electron chi connectivity index (χ1n) is 5.61. The number of carbonyl (C=O) groups is 1. The lowest BCUT2D eigenvalue weighted by Gasteiger charge is -2.09. The fraction of sp³-hybridized carbons (Fsp3) is 0.545. The second-order valence-electron chi connectivity index (χ2n) is 4.19. The number of nitrogens with one attached hydrogen (secondary N) is 1. The lowest BCUT2D eigenvalue weighted by Crippen LogP contribution is -2.29. The van der Waals surface area contributed by atoms with Crippen LogP contribution in [-0.4, -0.2) is 22.4 Å². The predicted octanol–water partition coefficient (Wildman–Crippen LogP) is 0.979. The van der Waals surface area contributed by atoms with E-state index < -0.39 is 0 Å². The highest BCUT2D eigenvalue weighted by atomic mass is 16.1. The molecular formula is C11H16N4O. The molecule has 0 radical (unpaired) electrons. The Bertz CT molecular complexity index is 357. The van der Waals surface area contributed by atoms with E-state index in [0.717, 1.165) is 6.54 Å². The van der Waals surface area contributed by atoms with Crippen LogP contribution in [0.5, 0.6) is 0 Å². The Morgan fingerprint density at radius 1 is 1.38 bits per heavy atom. The summed E-state index contributed by atoms with van der Waals surface area (Å²) in [6.07, 6.45) is 7.79. The summed E-state index contributed by atoms with van der Waals surface area (Å²) < 4.78 is 0. The lowest BCUT2D eigenvalue weighted by atomic mass is 10.1. The van der Waals surface area contributed by atoms with E-state index in [9.17, 15) is 4.79 Å². The maximum atomic E-state index is 11.7. The quantitative estimate of drug-likeness (QED) is 0.795. The molecule has 86 valence electrons. The molecule has 1 saturated carbocycles. The van der Waals surface area contributed by atoms with E-state index in [1.165, 1.54) is 38.1 Å². The molecule has 1 aromatic rings. The van der Waals surface area contributed by atoms with Gasteiger partial charge in [-0.25, -0.2) is 9.97 Å². The number of carbonyl (C=O) groups excluding carboxylic acids is 1. The number of nitrogens with zero attached hydrogens (tertiary/aromatic N) is 2. The maximum Gasteiger partial charge on any atom is 0.271 e. The minimum absolute atomic E-state index is 0.167. The molecule has 16 heavy (non-hydrogen) atoms. The monoisotopic (exact) mass is 220 g/mol. The fourth-order valence-corrected chi connectivity index (χ4v) is 2.00. The predicted molar refractivity (Wildman–Crippen MR) is 60.7 cm³/mol. The van der Waals surface area contributed by atoms with Gasteiger partial charge in [-0.05, 0) is 18.8 Å². The number of nitrogens with two attached hydrogens (primary N) is 1. The molecular weight excluding hydrogens is 204 g/mol. The minimum atomic E-state index is -0.167. The number of hydrogen-bond acceptors (Lipinski definition) is 4. The number of anilines is 1. The Labute approximate surface area is 94.5 Å². The number of nitrogen functional groups attached to an aromatic ring is 1. The highest BCUT2D eigenvalue weighted by molar-refractivity contribution is 5.91. The summed E-state index contributed by atoms with van der Waals surface area (Å²) in [5.41, 5.74) is 5.72. The molecule has 0 spiro atoms. The highest BCUT2D eigenvalue weighted by Crippen LogP contribution is 2.23. The zero-order valence-electron chi connectivity index (χ0n) is 9.15. The number of aromatic nitrogens is 2. The second kappa shape index (κ2) is 4.92. The summed E-state index contributed by atoms with van der Waals surface area (Å²) in [7, 11) is 0. The van der Waals surface area contributed by atoms with Crippen molar-refractivity contribution < 1.29 is 4.79 Å². The van der Waals surface area contributed by atoms with Crippen LogP contribution >= 0.6 is 0 Å². The first-order chi connectivity index (χ1) is 7.75. The van der Waals surface area contributed by atoms with Gasteiger partial charge in [0.1, 0.15) is 11.5 Å². The van der Waals surface area contributed by atoms with E-state index in [1.54, 1.807) is 0 Å². The normalized spacial score (nSPS) is 16.2. The van der Waals surface area contributed by atoms with E-state index in [-0.39, 0.29) is 5.91 Å². The van der Waals surface area contributed by atoms with Crippen molar-refractivity contribution in [2.45, 2.75) is 25.7 Å². The third-order valence-electron chi connectivity index (χ3n) is 2.93. The first-order valence-corrected chi connectivity index (χ1v) is 5.61. The van der Waals surface area contributed by atoms with Gasteiger partial charge in [-0.3, -0.25) is 4.79 Å². The largest absolute Gasteiger partial charge is 0.382 e. The van der Waals surface area contributed by atoms with Gasteiger partial charge in [0.15, 0.2) is 0 Å². The molecule has 2 rings (SSSR count). The van der Waals surface area contributed by atoms with Crippen LogP contribution in [0, 0.1) is 5.92 Å². The fourth-order valence-electron chi connectivity index (χ4n) is 2.00. The van der Waals surface area contributed by atoms with Gasteiger partial charge in [-0.15, -0.1) is 0 Å². The van der Waals surface area contributed by atoms with Gasteiger partial charge in [-0.2, -0.15) is 0 Å². The Hall–Kier alpha value is -1.65. The molecule has 0 atom stereocenters. The van der Waals surface area contributed by atoms with Crippen molar-refractivity contribution in [3.05, 3.63) is 18.1 Å².